The zero-order valence-corrected chi connectivity index (χ0v) is 18.8. The van der Waals surface area contributed by atoms with E-state index in [1.165, 1.54) is 19.6 Å². The molecule has 1 amide bonds. The van der Waals surface area contributed by atoms with E-state index in [0.717, 1.165) is 37.7 Å². The number of ketones is 2. The van der Waals surface area contributed by atoms with Crippen LogP contribution >= 0.6 is 0 Å². The zero-order valence-electron chi connectivity index (χ0n) is 18.8. The number of hydrogen-bond donors (Lipinski definition) is 0. The Morgan fingerprint density at radius 3 is 2.41 bits per heavy atom. The molecular weight excluding hydrogens is 434 g/mol. The highest BCUT2D eigenvalue weighted by molar-refractivity contribution is 6.49. The molecule has 3 heterocycles. The summed E-state index contributed by atoms with van der Waals surface area (Å²) in [7, 11) is 1.49. The zero-order chi connectivity index (χ0) is 23.7. The fraction of sp³-hybridized carbons (Fsp3) is 0.346. The van der Waals surface area contributed by atoms with E-state index in [0.29, 0.717) is 22.8 Å². The van der Waals surface area contributed by atoms with Crippen LogP contribution in [0.4, 0.5) is 5.69 Å². The molecule has 2 aliphatic rings. The molecule has 2 aromatic heterocycles. The lowest BCUT2D eigenvalue weighted by Crippen LogP contribution is -2.44. The maximum absolute atomic E-state index is 13.5. The van der Waals surface area contributed by atoms with E-state index < -0.39 is 23.7 Å². The SMILES string of the molecule is COc1ccc(C(=O)C2C(=O)C(=O)N(c3ccc(-c4ccon4)cc3)C2C2CCCCC2)cn1. The molecule has 2 atom stereocenters. The van der Waals surface area contributed by atoms with Gasteiger partial charge in [-0.15, -0.1) is 0 Å². The first-order valence-corrected chi connectivity index (χ1v) is 11.5. The molecule has 1 aliphatic heterocycles. The standard InChI is InChI=1S/C26H25N3O5/c1-33-21-12-9-18(15-27-21)24(30)22-23(17-5-3-2-4-6-17)29(26(32)25(22)31)19-10-7-16(8-11-19)20-13-14-34-28-20/h7-15,17,22-23H,2-6H2,1H3. The van der Waals surface area contributed by atoms with Gasteiger partial charge in [0.2, 0.25) is 11.7 Å². The van der Waals surface area contributed by atoms with Gasteiger partial charge in [0.25, 0.3) is 5.91 Å². The second-order valence-electron chi connectivity index (χ2n) is 8.79. The van der Waals surface area contributed by atoms with Crippen molar-refractivity contribution in [1.29, 1.82) is 0 Å². The number of methoxy groups -OCH3 is 1. The monoisotopic (exact) mass is 459 g/mol. The van der Waals surface area contributed by atoms with Crippen LogP contribution in [0.5, 0.6) is 5.88 Å². The minimum absolute atomic E-state index is 0.0690. The summed E-state index contributed by atoms with van der Waals surface area (Å²) >= 11 is 0. The number of pyridine rings is 1. The third-order valence-corrected chi connectivity index (χ3v) is 6.88. The molecule has 0 spiro atoms. The Labute approximate surface area is 196 Å². The maximum Gasteiger partial charge on any atom is 0.295 e. The van der Waals surface area contributed by atoms with Crippen LogP contribution in [0.3, 0.4) is 0 Å². The van der Waals surface area contributed by atoms with Crippen molar-refractivity contribution >= 4 is 23.2 Å². The number of Topliss-reactive ketones (excluding diaryl/α,β-unsaturated/α-hetero) is 2. The minimum atomic E-state index is -1.05. The second kappa shape index (κ2) is 9.21. The van der Waals surface area contributed by atoms with Crippen molar-refractivity contribution in [2.24, 2.45) is 11.8 Å². The lowest BCUT2D eigenvalue weighted by Gasteiger charge is -2.35. The third kappa shape index (κ3) is 3.89. The maximum atomic E-state index is 13.5. The van der Waals surface area contributed by atoms with E-state index in [4.69, 9.17) is 9.26 Å². The van der Waals surface area contributed by atoms with Gasteiger partial charge in [0.05, 0.1) is 13.2 Å². The highest BCUT2D eigenvalue weighted by Crippen LogP contribution is 2.41. The van der Waals surface area contributed by atoms with Crippen LogP contribution in [-0.4, -0.2) is 40.8 Å². The van der Waals surface area contributed by atoms with Gasteiger partial charge in [0.15, 0.2) is 5.78 Å². The van der Waals surface area contributed by atoms with Crippen molar-refractivity contribution in [2.75, 3.05) is 12.0 Å². The molecule has 8 heteroatoms. The predicted molar refractivity (Wildman–Crippen MR) is 123 cm³/mol. The number of amides is 1. The van der Waals surface area contributed by atoms with Gasteiger partial charge < -0.3 is 14.2 Å². The number of aromatic nitrogens is 2. The molecule has 1 saturated heterocycles. The Bertz CT molecular complexity index is 1180. The number of nitrogens with zero attached hydrogens (tertiary/aromatic N) is 3. The first kappa shape index (κ1) is 22.0. The average Bonchev–Trinajstić information content (AvgIpc) is 3.52. The molecule has 1 saturated carbocycles. The van der Waals surface area contributed by atoms with Gasteiger partial charge >= 0.3 is 0 Å². The number of hydrogen-bond acceptors (Lipinski definition) is 7. The molecule has 0 bridgehead atoms. The lowest BCUT2D eigenvalue weighted by atomic mass is 9.76. The quantitative estimate of drug-likeness (QED) is 0.310. The average molecular weight is 460 g/mol. The largest absolute Gasteiger partial charge is 0.481 e. The fourth-order valence-electron chi connectivity index (χ4n) is 5.19. The molecule has 8 nitrogen and oxygen atoms in total. The number of benzene rings is 1. The summed E-state index contributed by atoms with van der Waals surface area (Å²) in [4.78, 5) is 45.7. The summed E-state index contributed by atoms with van der Waals surface area (Å²) in [6, 6.07) is 11.7. The molecule has 2 unspecified atom stereocenters. The number of carbonyl (C=O) groups excluding carboxylic acids is 3. The summed E-state index contributed by atoms with van der Waals surface area (Å²) in [5.41, 5.74) is 2.42. The van der Waals surface area contributed by atoms with Crippen LogP contribution in [-0.2, 0) is 9.59 Å². The molecule has 0 radical (unpaired) electrons. The van der Waals surface area contributed by atoms with E-state index in [1.54, 1.807) is 35.2 Å². The van der Waals surface area contributed by atoms with Crippen molar-refractivity contribution < 1.29 is 23.6 Å². The second-order valence-corrected chi connectivity index (χ2v) is 8.79. The van der Waals surface area contributed by atoms with Crippen molar-refractivity contribution in [3.8, 4) is 17.1 Å². The van der Waals surface area contributed by atoms with Crippen LogP contribution in [0, 0.1) is 11.8 Å². The van der Waals surface area contributed by atoms with E-state index in [1.807, 2.05) is 12.1 Å². The smallest absolute Gasteiger partial charge is 0.295 e. The molecule has 1 aromatic carbocycles. The van der Waals surface area contributed by atoms with E-state index in [9.17, 15) is 14.4 Å². The summed E-state index contributed by atoms with van der Waals surface area (Å²) < 4.78 is 9.99. The third-order valence-electron chi connectivity index (χ3n) is 6.88. The molecule has 3 aromatic rings. The van der Waals surface area contributed by atoms with Gasteiger partial charge in [-0.25, -0.2) is 4.98 Å². The topological polar surface area (TPSA) is 103 Å². The van der Waals surface area contributed by atoms with E-state index in [-0.39, 0.29) is 11.7 Å². The molecule has 5 rings (SSSR count). The van der Waals surface area contributed by atoms with E-state index in [2.05, 4.69) is 10.1 Å². The lowest BCUT2D eigenvalue weighted by molar-refractivity contribution is -0.135. The van der Waals surface area contributed by atoms with Gasteiger partial charge in [-0.05, 0) is 37.0 Å². The Hall–Kier alpha value is -3.81. The molecular formula is C26H25N3O5. The van der Waals surface area contributed by atoms with Crippen molar-refractivity contribution in [1.82, 2.24) is 10.1 Å². The highest BCUT2D eigenvalue weighted by atomic mass is 16.5. The fourth-order valence-corrected chi connectivity index (χ4v) is 5.19. The first-order chi connectivity index (χ1) is 16.6. The summed E-state index contributed by atoms with van der Waals surface area (Å²) in [5.74, 6) is -2.27. The number of ether oxygens (including phenoxy) is 1. The number of carbonyl (C=O) groups is 3. The number of anilines is 1. The van der Waals surface area contributed by atoms with Gasteiger partial charge in [0, 0.05) is 35.1 Å². The van der Waals surface area contributed by atoms with Crippen molar-refractivity contribution in [3.05, 3.63) is 60.5 Å². The van der Waals surface area contributed by atoms with Gasteiger partial charge in [-0.1, -0.05) is 36.6 Å². The van der Waals surface area contributed by atoms with Crippen LogP contribution in [0.2, 0.25) is 0 Å². The molecule has 174 valence electrons. The van der Waals surface area contributed by atoms with E-state index >= 15 is 0 Å². The van der Waals surface area contributed by atoms with Crippen LogP contribution in [0.25, 0.3) is 11.3 Å². The normalized spacial score (nSPS) is 21.1. The summed E-state index contributed by atoms with van der Waals surface area (Å²) in [5, 5.41) is 3.94. The van der Waals surface area contributed by atoms with Crippen molar-refractivity contribution in [3.63, 3.8) is 0 Å². The molecule has 1 aliphatic carbocycles. The summed E-state index contributed by atoms with van der Waals surface area (Å²) in [6.07, 6.45) is 7.83. The predicted octanol–water partition coefficient (Wildman–Crippen LogP) is 4.11. The molecule has 2 fully saturated rings. The Balaban J connectivity index is 1.52. The first-order valence-electron chi connectivity index (χ1n) is 11.5. The van der Waals surface area contributed by atoms with Crippen LogP contribution in [0.15, 0.2) is 59.4 Å². The van der Waals surface area contributed by atoms with Crippen LogP contribution < -0.4 is 9.64 Å². The Kier molecular flexibility index (Phi) is 5.96. The summed E-state index contributed by atoms with van der Waals surface area (Å²) in [6.45, 7) is 0. The van der Waals surface area contributed by atoms with Gasteiger partial charge in [0.1, 0.15) is 17.9 Å². The number of rotatable bonds is 6. The van der Waals surface area contributed by atoms with Gasteiger partial charge in [-0.2, -0.15) is 0 Å². The van der Waals surface area contributed by atoms with Crippen molar-refractivity contribution in [2.45, 2.75) is 38.1 Å². The van der Waals surface area contributed by atoms with Crippen LogP contribution in [0.1, 0.15) is 42.5 Å². The minimum Gasteiger partial charge on any atom is -0.481 e. The highest BCUT2D eigenvalue weighted by Gasteiger charge is 2.54. The molecule has 34 heavy (non-hydrogen) atoms. The van der Waals surface area contributed by atoms with Gasteiger partial charge in [-0.3, -0.25) is 14.4 Å². The Morgan fingerprint density at radius 1 is 1.03 bits per heavy atom. The molecule has 0 N–H and O–H groups in total. The Morgan fingerprint density at radius 2 is 1.79 bits per heavy atom.